The van der Waals surface area contributed by atoms with Gasteiger partial charge < -0.3 is 19.4 Å². The predicted octanol–water partition coefficient (Wildman–Crippen LogP) is 4.03. The van der Waals surface area contributed by atoms with Gasteiger partial charge in [-0.25, -0.2) is 9.59 Å². The van der Waals surface area contributed by atoms with Crippen LogP contribution in [0.25, 0.3) is 11.4 Å². The third kappa shape index (κ3) is 5.79. The van der Waals surface area contributed by atoms with Crippen molar-refractivity contribution < 1.29 is 23.9 Å². The number of esters is 2. The smallest absolute Gasteiger partial charge is 0.339 e. The van der Waals surface area contributed by atoms with E-state index in [1.807, 2.05) is 16.9 Å². The first-order chi connectivity index (χ1) is 15.9. The van der Waals surface area contributed by atoms with Crippen LogP contribution in [0.2, 0.25) is 0 Å². The zero-order valence-corrected chi connectivity index (χ0v) is 20.3. The Hall–Kier alpha value is -3.18. The molecular formula is C22H24N4O5S2. The number of nitrogens with zero attached hydrogens (tertiary/aromatic N) is 3. The molecule has 0 fully saturated rings. The van der Waals surface area contributed by atoms with Crippen molar-refractivity contribution in [2.24, 2.45) is 0 Å². The maximum absolute atomic E-state index is 12.7. The Bertz CT molecular complexity index is 1170. The average Bonchev–Trinajstić information content (AvgIpc) is 3.42. The maximum Gasteiger partial charge on any atom is 0.339 e. The van der Waals surface area contributed by atoms with Gasteiger partial charge in [0.25, 0.3) is 0 Å². The summed E-state index contributed by atoms with van der Waals surface area (Å²) in [6.45, 7) is 4.81. The molecule has 0 aliphatic heterocycles. The third-order valence-electron chi connectivity index (χ3n) is 4.61. The van der Waals surface area contributed by atoms with E-state index in [-0.39, 0.29) is 28.5 Å². The summed E-state index contributed by atoms with van der Waals surface area (Å²) < 4.78 is 11.5. The summed E-state index contributed by atoms with van der Waals surface area (Å²) in [4.78, 5) is 37.8. The number of thiophene rings is 1. The first-order valence-electron chi connectivity index (χ1n) is 10.1. The minimum Gasteiger partial charge on any atom is -0.465 e. The molecule has 3 aromatic rings. The quantitative estimate of drug-likeness (QED) is 0.355. The second-order valence-electron chi connectivity index (χ2n) is 6.98. The van der Waals surface area contributed by atoms with Crippen LogP contribution in [0.4, 0.5) is 5.69 Å². The Kier molecular flexibility index (Phi) is 8.23. The summed E-state index contributed by atoms with van der Waals surface area (Å²) in [5.74, 6) is -0.782. The molecule has 9 nitrogen and oxygen atoms in total. The van der Waals surface area contributed by atoms with Crippen molar-refractivity contribution in [3.05, 3.63) is 45.6 Å². The van der Waals surface area contributed by atoms with Gasteiger partial charge >= 0.3 is 11.9 Å². The standard InChI is InChI=1S/C22H24N4O5S2/c1-5-8-26-19(15-9-13(2)32-11-15)24-25-22(26)33-12-18(27)23-17-10-14(20(28)30-3)6-7-16(17)21(29)31-4/h6-7,9-11H,5,8,12H2,1-4H3,(H,23,27). The molecule has 0 spiro atoms. The fourth-order valence-electron chi connectivity index (χ4n) is 3.09. The molecule has 0 atom stereocenters. The second kappa shape index (κ2) is 11.1. The number of amides is 1. The van der Waals surface area contributed by atoms with Crippen LogP contribution in [0.15, 0.2) is 34.8 Å². The topological polar surface area (TPSA) is 112 Å². The molecule has 0 aliphatic carbocycles. The number of thioether (sulfide) groups is 1. The molecule has 0 saturated carbocycles. The van der Waals surface area contributed by atoms with Gasteiger partial charge in [0.1, 0.15) is 0 Å². The van der Waals surface area contributed by atoms with E-state index >= 15 is 0 Å². The summed E-state index contributed by atoms with van der Waals surface area (Å²) >= 11 is 2.89. The highest BCUT2D eigenvalue weighted by Gasteiger charge is 2.19. The van der Waals surface area contributed by atoms with Gasteiger partial charge in [0.2, 0.25) is 5.91 Å². The lowest BCUT2D eigenvalue weighted by molar-refractivity contribution is -0.113. The van der Waals surface area contributed by atoms with Crippen molar-refractivity contribution in [2.45, 2.75) is 32.0 Å². The number of anilines is 1. The Morgan fingerprint density at radius 3 is 2.52 bits per heavy atom. The number of ether oxygens (including phenoxy) is 2. The molecule has 1 N–H and O–H groups in total. The van der Waals surface area contributed by atoms with Crippen molar-refractivity contribution in [1.29, 1.82) is 0 Å². The highest BCUT2D eigenvalue weighted by Crippen LogP contribution is 2.28. The summed E-state index contributed by atoms with van der Waals surface area (Å²) in [6, 6.07) is 6.29. The molecule has 2 aromatic heterocycles. The number of benzene rings is 1. The molecule has 3 rings (SSSR count). The normalized spacial score (nSPS) is 10.7. The number of aryl methyl sites for hydroxylation is 1. The van der Waals surface area contributed by atoms with Crippen LogP contribution in [0, 0.1) is 6.92 Å². The Balaban J connectivity index is 1.77. The zero-order valence-electron chi connectivity index (χ0n) is 18.7. The van der Waals surface area contributed by atoms with Gasteiger partial charge in [0.05, 0.1) is 36.8 Å². The van der Waals surface area contributed by atoms with E-state index in [9.17, 15) is 14.4 Å². The van der Waals surface area contributed by atoms with Gasteiger partial charge in [-0.05, 0) is 37.6 Å². The zero-order chi connectivity index (χ0) is 24.0. The highest BCUT2D eigenvalue weighted by atomic mass is 32.2. The lowest BCUT2D eigenvalue weighted by Gasteiger charge is -2.12. The minimum atomic E-state index is -0.632. The van der Waals surface area contributed by atoms with E-state index in [0.29, 0.717) is 5.16 Å². The molecule has 0 radical (unpaired) electrons. The highest BCUT2D eigenvalue weighted by molar-refractivity contribution is 7.99. The largest absolute Gasteiger partial charge is 0.465 e. The third-order valence-corrected chi connectivity index (χ3v) is 6.43. The van der Waals surface area contributed by atoms with E-state index in [1.165, 1.54) is 49.1 Å². The van der Waals surface area contributed by atoms with E-state index in [0.717, 1.165) is 24.4 Å². The molecule has 0 unspecified atom stereocenters. The monoisotopic (exact) mass is 488 g/mol. The van der Waals surface area contributed by atoms with Gasteiger partial charge in [-0.15, -0.1) is 21.5 Å². The Morgan fingerprint density at radius 1 is 1.12 bits per heavy atom. The summed E-state index contributed by atoms with van der Waals surface area (Å²) in [6.07, 6.45) is 0.886. The first kappa shape index (κ1) is 24.5. The van der Waals surface area contributed by atoms with E-state index in [2.05, 4.69) is 28.5 Å². The SMILES string of the molecule is CCCn1c(SCC(=O)Nc2cc(C(=O)OC)ccc2C(=O)OC)nnc1-c1csc(C)c1. The van der Waals surface area contributed by atoms with Gasteiger partial charge in [-0.1, -0.05) is 18.7 Å². The van der Waals surface area contributed by atoms with E-state index in [1.54, 1.807) is 11.3 Å². The number of hydrogen-bond donors (Lipinski definition) is 1. The van der Waals surface area contributed by atoms with Gasteiger partial charge in [0.15, 0.2) is 11.0 Å². The van der Waals surface area contributed by atoms with Crippen molar-refractivity contribution in [3.63, 3.8) is 0 Å². The molecule has 174 valence electrons. The number of methoxy groups -OCH3 is 2. The number of nitrogens with one attached hydrogen (secondary N) is 1. The molecule has 0 bridgehead atoms. The van der Waals surface area contributed by atoms with Crippen molar-refractivity contribution in [1.82, 2.24) is 14.8 Å². The minimum absolute atomic E-state index is 0.0353. The van der Waals surface area contributed by atoms with E-state index < -0.39 is 11.9 Å². The number of hydrogen-bond acceptors (Lipinski definition) is 9. The fourth-order valence-corrected chi connectivity index (χ4v) is 4.54. The van der Waals surface area contributed by atoms with Crippen LogP contribution in [-0.2, 0) is 20.8 Å². The molecular weight excluding hydrogens is 464 g/mol. The molecule has 33 heavy (non-hydrogen) atoms. The van der Waals surface area contributed by atoms with E-state index in [4.69, 9.17) is 9.47 Å². The lowest BCUT2D eigenvalue weighted by Crippen LogP contribution is -2.18. The lowest BCUT2D eigenvalue weighted by atomic mass is 10.1. The van der Waals surface area contributed by atoms with Crippen LogP contribution < -0.4 is 5.32 Å². The van der Waals surface area contributed by atoms with Gasteiger partial charge in [-0.3, -0.25) is 4.79 Å². The average molecular weight is 489 g/mol. The molecule has 0 saturated heterocycles. The second-order valence-corrected chi connectivity index (χ2v) is 9.04. The van der Waals surface area contributed by atoms with Crippen molar-refractivity contribution >= 4 is 46.6 Å². The van der Waals surface area contributed by atoms with Gasteiger partial charge in [0, 0.05) is 22.4 Å². The van der Waals surface area contributed by atoms with Crippen LogP contribution in [0.3, 0.4) is 0 Å². The number of carbonyl (C=O) groups is 3. The molecule has 1 aromatic carbocycles. The molecule has 0 aliphatic rings. The molecule has 1 amide bonds. The number of aromatic nitrogens is 3. The van der Waals surface area contributed by atoms with Crippen molar-refractivity contribution in [3.8, 4) is 11.4 Å². The Labute approximate surface area is 199 Å². The first-order valence-corrected chi connectivity index (χ1v) is 12.0. The molecule has 2 heterocycles. The maximum atomic E-state index is 12.7. The van der Waals surface area contributed by atoms with Crippen LogP contribution in [0.5, 0.6) is 0 Å². The summed E-state index contributed by atoms with van der Waals surface area (Å²) in [5.41, 5.74) is 1.50. The fraction of sp³-hybridized carbons (Fsp3) is 0.318. The van der Waals surface area contributed by atoms with Crippen LogP contribution in [-0.4, -0.2) is 52.6 Å². The van der Waals surface area contributed by atoms with Crippen LogP contribution in [0.1, 0.15) is 38.9 Å². The van der Waals surface area contributed by atoms with Crippen molar-refractivity contribution in [2.75, 3.05) is 25.3 Å². The summed E-state index contributed by atoms with van der Waals surface area (Å²) in [7, 11) is 2.49. The molecule has 11 heteroatoms. The number of carbonyl (C=O) groups excluding carboxylic acids is 3. The predicted molar refractivity (Wildman–Crippen MR) is 127 cm³/mol. The number of rotatable bonds is 9. The Morgan fingerprint density at radius 2 is 1.88 bits per heavy atom. The van der Waals surface area contributed by atoms with Crippen LogP contribution >= 0.6 is 23.1 Å². The van der Waals surface area contributed by atoms with Gasteiger partial charge in [-0.2, -0.15) is 0 Å². The summed E-state index contributed by atoms with van der Waals surface area (Å²) in [5, 5.41) is 13.9.